The number of ether oxygens (including phenoxy) is 2. The third-order valence-electron chi connectivity index (χ3n) is 2.16. The zero-order valence-electron chi connectivity index (χ0n) is 15.7. The lowest BCUT2D eigenvalue weighted by Crippen LogP contribution is -2.47. The molecule has 10 heteroatoms. The van der Waals surface area contributed by atoms with Crippen LogP contribution in [0.1, 0.15) is 35.1 Å². The van der Waals surface area contributed by atoms with E-state index < -0.39 is 8.80 Å². The van der Waals surface area contributed by atoms with Gasteiger partial charge in [-0.05, 0) is 13.8 Å². The van der Waals surface area contributed by atoms with Crippen molar-refractivity contribution in [2.45, 2.75) is 60.8 Å². The molecule has 0 saturated carbocycles. The largest absolute Gasteiger partial charge is 0.468 e. The highest BCUT2D eigenvalue weighted by Crippen LogP contribution is 2.13. The van der Waals surface area contributed by atoms with E-state index in [0.717, 1.165) is 12.7 Å². The van der Waals surface area contributed by atoms with Gasteiger partial charge in [0.2, 0.25) is 0 Å². The van der Waals surface area contributed by atoms with Gasteiger partial charge in [0.1, 0.15) is 29.3 Å². The van der Waals surface area contributed by atoms with Gasteiger partial charge in [-0.15, -0.1) is 0 Å². The van der Waals surface area contributed by atoms with Gasteiger partial charge in [-0.2, -0.15) is 0 Å². The molecule has 23 heavy (non-hydrogen) atoms. The lowest BCUT2D eigenvalue weighted by Gasteiger charge is -2.28. The lowest BCUT2D eigenvalue weighted by molar-refractivity contribution is -0.140. The fraction of sp³-hybridized carbons (Fsp3) is 0.923. The molecular formula is C13H40O6Si4. The Morgan fingerprint density at radius 1 is 0.913 bits per heavy atom. The van der Waals surface area contributed by atoms with Crippen molar-refractivity contribution in [1.82, 2.24) is 0 Å². The van der Waals surface area contributed by atoms with E-state index in [1.165, 1.54) is 6.92 Å². The number of methoxy groups -OCH3 is 1. The van der Waals surface area contributed by atoms with E-state index in [1.54, 1.807) is 14.0 Å². The van der Waals surface area contributed by atoms with Crippen molar-refractivity contribution < 1.29 is 26.6 Å². The van der Waals surface area contributed by atoms with Crippen LogP contribution in [0.5, 0.6) is 0 Å². The second-order valence-corrected chi connectivity index (χ2v) is 11.1. The molecule has 0 amide bonds. The number of carbonyl (C=O) groups is 1. The van der Waals surface area contributed by atoms with E-state index in [-0.39, 0.29) is 42.7 Å². The highest BCUT2D eigenvalue weighted by Gasteiger charge is 2.35. The predicted octanol–water partition coefficient (Wildman–Crippen LogP) is 1.25. The third kappa shape index (κ3) is 24.6. The average Bonchev–Trinajstić information content (AvgIpc) is 2.48. The van der Waals surface area contributed by atoms with Crippen LogP contribution >= 0.6 is 0 Å². The summed E-state index contributed by atoms with van der Waals surface area (Å²) in [5.41, 5.74) is 0. The first-order valence-electron chi connectivity index (χ1n) is 7.97. The molecule has 144 valence electrons. The molecule has 0 unspecified atom stereocenters. The van der Waals surface area contributed by atoms with Crippen molar-refractivity contribution in [3.63, 3.8) is 0 Å². The highest BCUT2D eigenvalue weighted by atomic mass is 28.5. The maximum absolute atomic E-state index is 9.82. The zero-order valence-corrected chi connectivity index (χ0v) is 20.9. The molecule has 0 fully saturated rings. The van der Waals surface area contributed by atoms with Gasteiger partial charge < -0.3 is 21.8 Å². The predicted molar refractivity (Wildman–Crippen MR) is 109 cm³/mol. The van der Waals surface area contributed by atoms with Crippen molar-refractivity contribution >= 4 is 44.1 Å². The summed E-state index contributed by atoms with van der Waals surface area (Å²) in [5, 5.41) is 0. The van der Waals surface area contributed by atoms with Crippen molar-refractivity contribution in [2.75, 3.05) is 20.3 Å². The topological polar surface area (TPSA) is 63.2 Å². The summed E-state index contributed by atoms with van der Waals surface area (Å²) in [7, 11) is -1.56. The molecule has 0 atom stereocenters. The molecule has 0 N–H and O–H groups in total. The van der Waals surface area contributed by atoms with Crippen LogP contribution in [-0.2, 0) is 26.6 Å². The first-order valence-corrected chi connectivity index (χ1v) is 15.9. The van der Waals surface area contributed by atoms with Crippen molar-refractivity contribution in [2.24, 2.45) is 0 Å². The first-order chi connectivity index (χ1) is 10.4. The van der Waals surface area contributed by atoms with E-state index in [9.17, 15) is 4.79 Å². The Bertz CT molecular complexity index is 215. The quantitative estimate of drug-likeness (QED) is 0.426. The molecular weight excluding hydrogens is 364 g/mol. The Kier molecular flexibility index (Phi) is 32.9. The summed E-state index contributed by atoms with van der Waals surface area (Å²) < 4.78 is 26.2. The van der Waals surface area contributed by atoms with Crippen LogP contribution in [-0.4, -0.2) is 64.4 Å². The molecule has 0 aromatic rings. The van der Waals surface area contributed by atoms with Crippen LogP contribution in [0.3, 0.4) is 0 Å². The van der Waals surface area contributed by atoms with Gasteiger partial charge in [0.05, 0.1) is 6.61 Å². The van der Waals surface area contributed by atoms with Crippen LogP contribution in [0.4, 0.5) is 0 Å². The standard InChI is InChI=1S/C5H20O3Si4.C4H8O2.C3H8O.CH4/c1-5-12(6-9-2,7-10-3)8-11-4;1-3-6-4(2)5;1-3-4-2;/h5,9-11H2,1-4H3;3H2,1-2H3;3H2,1-2H3;1H4. The lowest BCUT2D eigenvalue weighted by atomic mass is 10.8. The van der Waals surface area contributed by atoms with Crippen LogP contribution in [0.15, 0.2) is 0 Å². The number of hydrogen-bond donors (Lipinski definition) is 0. The minimum Gasteiger partial charge on any atom is -0.466 e. The molecule has 0 radical (unpaired) electrons. The Morgan fingerprint density at radius 2 is 1.26 bits per heavy atom. The minimum absolute atomic E-state index is 0. The second kappa shape index (κ2) is 24.4. The summed E-state index contributed by atoms with van der Waals surface area (Å²) in [6.45, 7) is 15.0. The Labute approximate surface area is 152 Å². The fourth-order valence-corrected chi connectivity index (χ4v) is 12.3. The molecule has 0 saturated heterocycles. The SMILES string of the molecule is C.CCOC.CCOC(C)=O.CC[Si](O[SiH2]C)(O[SiH2]C)O[SiH2]C. The molecule has 6 nitrogen and oxygen atoms in total. The summed E-state index contributed by atoms with van der Waals surface area (Å²) in [6, 6.07) is 0.954. The van der Waals surface area contributed by atoms with E-state index in [2.05, 4.69) is 36.0 Å². The molecule has 0 bridgehead atoms. The van der Waals surface area contributed by atoms with Gasteiger partial charge in [-0.3, -0.25) is 4.79 Å². The summed E-state index contributed by atoms with van der Waals surface area (Å²) in [5.74, 6) is -0.211. The number of carbonyl (C=O) groups excluding carboxylic acids is 1. The molecule has 0 rings (SSSR count). The third-order valence-corrected chi connectivity index (χ3v) is 11.8. The summed E-state index contributed by atoms with van der Waals surface area (Å²) >= 11 is 0. The van der Waals surface area contributed by atoms with Crippen molar-refractivity contribution in [1.29, 1.82) is 0 Å². The van der Waals surface area contributed by atoms with E-state index >= 15 is 0 Å². The van der Waals surface area contributed by atoms with Crippen LogP contribution in [0.25, 0.3) is 0 Å². The Morgan fingerprint density at radius 3 is 1.35 bits per heavy atom. The van der Waals surface area contributed by atoms with Crippen molar-refractivity contribution in [3.05, 3.63) is 0 Å². The molecule has 0 aromatic carbocycles. The van der Waals surface area contributed by atoms with Gasteiger partial charge in [-0.25, -0.2) is 0 Å². The van der Waals surface area contributed by atoms with Gasteiger partial charge in [0.15, 0.2) is 0 Å². The second-order valence-electron chi connectivity index (χ2n) is 3.84. The monoisotopic (exact) mass is 404 g/mol. The fourth-order valence-electron chi connectivity index (χ4n) is 1.29. The van der Waals surface area contributed by atoms with Crippen LogP contribution < -0.4 is 0 Å². The number of esters is 1. The van der Waals surface area contributed by atoms with Gasteiger partial charge in [-0.1, -0.05) is 34.0 Å². The average molecular weight is 405 g/mol. The van der Waals surface area contributed by atoms with Gasteiger partial charge >= 0.3 is 14.8 Å². The molecule has 0 spiro atoms. The van der Waals surface area contributed by atoms with Crippen LogP contribution in [0, 0.1) is 0 Å². The Balaban J connectivity index is -0.000000138. The first kappa shape index (κ1) is 31.0. The van der Waals surface area contributed by atoms with Crippen LogP contribution in [0.2, 0.25) is 25.7 Å². The number of rotatable bonds is 9. The molecule has 0 aliphatic heterocycles. The molecule has 0 aliphatic carbocycles. The Hall–Kier alpha value is 0.178. The maximum atomic E-state index is 9.82. The highest BCUT2D eigenvalue weighted by molar-refractivity contribution is 6.73. The van der Waals surface area contributed by atoms with Gasteiger partial charge in [0, 0.05) is 26.7 Å². The zero-order chi connectivity index (χ0) is 17.9. The van der Waals surface area contributed by atoms with E-state index in [0.29, 0.717) is 6.61 Å². The number of hydrogen-bond acceptors (Lipinski definition) is 6. The van der Waals surface area contributed by atoms with Crippen molar-refractivity contribution in [3.8, 4) is 0 Å². The van der Waals surface area contributed by atoms with Gasteiger partial charge in [0.25, 0.3) is 0 Å². The molecule has 0 aliphatic rings. The molecule has 0 aromatic heterocycles. The van der Waals surface area contributed by atoms with E-state index in [1.807, 2.05) is 6.92 Å². The summed E-state index contributed by atoms with van der Waals surface area (Å²) in [6.07, 6.45) is 0. The minimum atomic E-state index is -2.08. The normalized spacial score (nSPS) is 13.2. The molecule has 0 heterocycles. The maximum Gasteiger partial charge on any atom is 0.468 e. The smallest absolute Gasteiger partial charge is 0.466 e. The van der Waals surface area contributed by atoms with E-state index in [4.69, 9.17) is 12.3 Å². The summed E-state index contributed by atoms with van der Waals surface area (Å²) in [4.78, 5) is 9.82.